The van der Waals surface area contributed by atoms with Crippen molar-refractivity contribution in [1.82, 2.24) is 4.98 Å². The summed E-state index contributed by atoms with van der Waals surface area (Å²) in [7, 11) is 1.61. The number of anilines is 2. The van der Waals surface area contributed by atoms with Crippen molar-refractivity contribution in [2.24, 2.45) is 0 Å². The van der Waals surface area contributed by atoms with E-state index < -0.39 is 0 Å². The molecule has 0 unspecified atom stereocenters. The maximum Gasteiger partial charge on any atom is 0.257 e. The highest BCUT2D eigenvalue weighted by Crippen LogP contribution is 2.16. The minimum atomic E-state index is -0.255. The molecular formula is C14H15N3O2. The highest BCUT2D eigenvalue weighted by Gasteiger charge is 2.10. The van der Waals surface area contributed by atoms with E-state index in [-0.39, 0.29) is 5.91 Å². The van der Waals surface area contributed by atoms with E-state index in [0.29, 0.717) is 23.5 Å². The highest BCUT2D eigenvalue weighted by atomic mass is 16.5. The zero-order valence-corrected chi connectivity index (χ0v) is 10.6. The molecule has 0 radical (unpaired) electrons. The van der Waals surface area contributed by atoms with Crippen molar-refractivity contribution in [1.29, 1.82) is 0 Å². The number of nitrogens with zero attached hydrogens (tertiary/aromatic N) is 1. The van der Waals surface area contributed by atoms with Crippen molar-refractivity contribution in [3.63, 3.8) is 0 Å². The van der Waals surface area contributed by atoms with Gasteiger partial charge in [-0.2, -0.15) is 0 Å². The van der Waals surface area contributed by atoms with Crippen LogP contribution in [0.15, 0.2) is 42.7 Å². The van der Waals surface area contributed by atoms with Crippen molar-refractivity contribution in [2.75, 3.05) is 18.2 Å². The molecule has 0 aliphatic rings. The second-order valence-electron chi connectivity index (χ2n) is 4.05. The highest BCUT2D eigenvalue weighted by molar-refractivity contribution is 6.07. The van der Waals surface area contributed by atoms with Crippen LogP contribution in [0.3, 0.4) is 0 Å². The lowest BCUT2D eigenvalue weighted by Crippen LogP contribution is -2.14. The summed E-state index contributed by atoms with van der Waals surface area (Å²) < 4.78 is 5.01. The van der Waals surface area contributed by atoms with E-state index >= 15 is 0 Å². The lowest BCUT2D eigenvalue weighted by molar-refractivity contribution is 0.102. The van der Waals surface area contributed by atoms with Crippen molar-refractivity contribution in [3.8, 4) is 0 Å². The molecule has 2 rings (SSSR count). The standard InChI is InChI=1S/C14H15N3O2/c1-19-9-10-4-5-12(13(15)7-10)14(18)17-11-3-2-6-16-8-11/h2-8H,9,15H2,1H3,(H,17,18). The normalized spacial score (nSPS) is 10.2. The third-order valence-electron chi connectivity index (χ3n) is 2.59. The molecule has 0 fully saturated rings. The Morgan fingerprint density at radius 2 is 2.26 bits per heavy atom. The number of nitrogens with one attached hydrogen (secondary N) is 1. The van der Waals surface area contributed by atoms with E-state index in [1.807, 2.05) is 6.07 Å². The predicted octanol–water partition coefficient (Wildman–Crippen LogP) is 2.06. The zero-order valence-electron chi connectivity index (χ0n) is 10.6. The van der Waals surface area contributed by atoms with E-state index in [9.17, 15) is 4.79 Å². The predicted molar refractivity (Wildman–Crippen MR) is 73.8 cm³/mol. The fourth-order valence-corrected chi connectivity index (χ4v) is 1.71. The Hall–Kier alpha value is -2.40. The minimum absolute atomic E-state index is 0.255. The molecular weight excluding hydrogens is 242 g/mol. The van der Waals surface area contributed by atoms with Gasteiger partial charge in [0.1, 0.15) is 0 Å². The molecule has 98 valence electrons. The minimum Gasteiger partial charge on any atom is -0.398 e. The molecule has 1 heterocycles. The third kappa shape index (κ3) is 3.29. The number of benzene rings is 1. The molecule has 1 aromatic carbocycles. The Morgan fingerprint density at radius 1 is 1.42 bits per heavy atom. The van der Waals surface area contributed by atoms with Crippen LogP contribution in [0.2, 0.25) is 0 Å². The summed E-state index contributed by atoms with van der Waals surface area (Å²) in [6.07, 6.45) is 3.22. The van der Waals surface area contributed by atoms with Crippen molar-refractivity contribution in [3.05, 3.63) is 53.9 Å². The van der Waals surface area contributed by atoms with E-state index in [2.05, 4.69) is 10.3 Å². The number of nitrogens with two attached hydrogens (primary N) is 1. The first-order chi connectivity index (χ1) is 9.20. The summed E-state index contributed by atoms with van der Waals surface area (Å²) in [6, 6.07) is 8.76. The smallest absolute Gasteiger partial charge is 0.257 e. The summed E-state index contributed by atoms with van der Waals surface area (Å²) in [6.45, 7) is 0.467. The van der Waals surface area contributed by atoms with Crippen LogP contribution in [0.1, 0.15) is 15.9 Å². The van der Waals surface area contributed by atoms with Crippen LogP contribution >= 0.6 is 0 Å². The van der Waals surface area contributed by atoms with Crippen molar-refractivity contribution in [2.45, 2.75) is 6.61 Å². The number of pyridine rings is 1. The largest absolute Gasteiger partial charge is 0.398 e. The summed E-state index contributed by atoms with van der Waals surface area (Å²) in [4.78, 5) is 16.0. The van der Waals surface area contributed by atoms with Gasteiger partial charge in [0.15, 0.2) is 0 Å². The molecule has 3 N–H and O–H groups in total. The molecule has 0 spiro atoms. The summed E-state index contributed by atoms with van der Waals surface area (Å²) in [5, 5.41) is 2.74. The van der Waals surface area contributed by atoms with Crippen LogP contribution in [0.4, 0.5) is 11.4 Å². The Morgan fingerprint density at radius 3 is 2.89 bits per heavy atom. The van der Waals surface area contributed by atoms with Gasteiger partial charge in [-0.15, -0.1) is 0 Å². The maximum atomic E-state index is 12.1. The Bertz CT molecular complexity index is 570. The maximum absolute atomic E-state index is 12.1. The Kier molecular flexibility index (Phi) is 4.10. The van der Waals surface area contributed by atoms with Gasteiger partial charge in [-0.3, -0.25) is 9.78 Å². The van der Waals surface area contributed by atoms with Gasteiger partial charge in [-0.25, -0.2) is 0 Å². The number of aromatic nitrogens is 1. The average Bonchev–Trinajstić information content (AvgIpc) is 2.40. The van der Waals surface area contributed by atoms with Gasteiger partial charge < -0.3 is 15.8 Å². The van der Waals surface area contributed by atoms with Gasteiger partial charge in [0.2, 0.25) is 0 Å². The molecule has 0 aliphatic carbocycles. The molecule has 5 nitrogen and oxygen atoms in total. The van der Waals surface area contributed by atoms with Crippen LogP contribution in [0.25, 0.3) is 0 Å². The van der Waals surface area contributed by atoms with Gasteiger partial charge in [0.25, 0.3) is 5.91 Å². The number of hydrogen-bond donors (Lipinski definition) is 2. The summed E-state index contributed by atoms with van der Waals surface area (Å²) >= 11 is 0. The first-order valence-electron chi connectivity index (χ1n) is 5.79. The number of hydrogen-bond acceptors (Lipinski definition) is 4. The topological polar surface area (TPSA) is 77.2 Å². The molecule has 0 saturated heterocycles. The van der Waals surface area contributed by atoms with E-state index in [4.69, 9.17) is 10.5 Å². The van der Waals surface area contributed by atoms with Crippen molar-refractivity contribution >= 4 is 17.3 Å². The molecule has 19 heavy (non-hydrogen) atoms. The van der Waals surface area contributed by atoms with E-state index in [1.165, 1.54) is 0 Å². The number of carbonyl (C=O) groups excluding carboxylic acids is 1. The van der Waals surface area contributed by atoms with E-state index in [1.54, 1.807) is 43.8 Å². The first-order valence-corrected chi connectivity index (χ1v) is 5.79. The Labute approximate surface area is 111 Å². The van der Waals surface area contributed by atoms with Crippen LogP contribution in [0, 0.1) is 0 Å². The zero-order chi connectivity index (χ0) is 13.7. The average molecular weight is 257 g/mol. The number of methoxy groups -OCH3 is 1. The monoisotopic (exact) mass is 257 g/mol. The van der Waals surface area contributed by atoms with Crippen LogP contribution in [-0.4, -0.2) is 18.0 Å². The van der Waals surface area contributed by atoms with Gasteiger partial charge in [-0.1, -0.05) is 6.07 Å². The SMILES string of the molecule is COCc1ccc(C(=O)Nc2cccnc2)c(N)c1. The number of nitrogen functional groups attached to an aromatic ring is 1. The quantitative estimate of drug-likeness (QED) is 0.822. The van der Waals surface area contributed by atoms with Crippen LogP contribution in [-0.2, 0) is 11.3 Å². The van der Waals surface area contributed by atoms with Gasteiger partial charge in [-0.05, 0) is 29.8 Å². The first kappa shape index (κ1) is 13.0. The molecule has 1 aromatic heterocycles. The van der Waals surface area contributed by atoms with Gasteiger partial charge in [0, 0.05) is 19.0 Å². The number of carbonyl (C=O) groups is 1. The fraction of sp³-hybridized carbons (Fsp3) is 0.143. The molecule has 0 atom stereocenters. The Balaban J connectivity index is 2.15. The van der Waals surface area contributed by atoms with Crippen LogP contribution in [0.5, 0.6) is 0 Å². The van der Waals surface area contributed by atoms with Gasteiger partial charge >= 0.3 is 0 Å². The van der Waals surface area contributed by atoms with Gasteiger partial charge in [0.05, 0.1) is 24.1 Å². The number of amides is 1. The molecule has 0 aliphatic heterocycles. The third-order valence-corrected chi connectivity index (χ3v) is 2.59. The summed E-state index contributed by atoms with van der Waals surface area (Å²) in [5.74, 6) is -0.255. The second kappa shape index (κ2) is 5.97. The molecule has 0 bridgehead atoms. The van der Waals surface area contributed by atoms with Crippen LogP contribution < -0.4 is 11.1 Å². The number of rotatable bonds is 4. The lowest BCUT2D eigenvalue weighted by Gasteiger charge is -2.08. The molecule has 2 aromatic rings. The number of ether oxygens (including phenoxy) is 1. The molecule has 0 saturated carbocycles. The summed E-state index contributed by atoms with van der Waals surface area (Å²) in [5.41, 5.74) is 8.30. The molecule has 5 heteroatoms. The second-order valence-corrected chi connectivity index (χ2v) is 4.05. The fourth-order valence-electron chi connectivity index (χ4n) is 1.71. The lowest BCUT2D eigenvalue weighted by atomic mass is 10.1. The van der Waals surface area contributed by atoms with Crippen molar-refractivity contribution < 1.29 is 9.53 Å². The van der Waals surface area contributed by atoms with E-state index in [0.717, 1.165) is 5.56 Å². The molecule has 1 amide bonds.